The summed E-state index contributed by atoms with van der Waals surface area (Å²) in [6, 6.07) is 8.51. The fraction of sp³-hybridized carbons (Fsp3) is 0.333. The van der Waals surface area contributed by atoms with Gasteiger partial charge in [-0.3, -0.25) is 0 Å². The highest BCUT2D eigenvalue weighted by atomic mass is 35.5. The van der Waals surface area contributed by atoms with Crippen molar-refractivity contribution in [1.29, 1.82) is 0 Å². The fourth-order valence-corrected chi connectivity index (χ4v) is 3.27. The van der Waals surface area contributed by atoms with E-state index in [1.165, 1.54) is 16.8 Å². The zero-order valence-electron chi connectivity index (χ0n) is 11.1. The Labute approximate surface area is 122 Å². The topological polar surface area (TPSA) is 41.1 Å². The van der Waals surface area contributed by atoms with Gasteiger partial charge in [0.15, 0.2) is 0 Å². The first kappa shape index (κ1) is 12.1. The van der Waals surface area contributed by atoms with E-state index in [-0.39, 0.29) is 0 Å². The Morgan fingerprint density at radius 2 is 2.05 bits per heavy atom. The van der Waals surface area contributed by atoms with Crippen molar-refractivity contribution in [2.45, 2.75) is 19.4 Å². The van der Waals surface area contributed by atoms with Gasteiger partial charge in [0.25, 0.3) is 0 Å². The molecule has 2 aromatic rings. The lowest BCUT2D eigenvalue weighted by atomic mass is 10.1. The van der Waals surface area contributed by atoms with Crippen molar-refractivity contribution in [3.63, 3.8) is 0 Å². The molecule has 0 aliphatic carbocycles. The molecule has 4 rings (SSSR count). The Morgan fingerprint density at radius 3 is 3.00 bits per heavy atom. The molecule has 1 N–H and O–H groups in total. The van der Waals surface area contributed by atoms with Crippen LogP contribution in [-0.2, 0) is 19.4 Å². The Bertz CT molecular complexity index is 671. The number of halogens is 1. The normalized spacial score (nSPS) is 16.9. The van der Waals surface area contributed by atoms with Crippen LogP contribution < -0.4 is 10.2 Å². The van der Waals surface area contributed by atoms with Crippen molar-refractivity contribution in [2.75, 3.05) is 18.0 Å². The van der Waals surface area contributed by atoms with Gasteiger partial charge in [0.1, 0.15) is 5.82 Å². The lowest BCUT2D eigenvalue weighted by Crippen LogP contribution is -2.28. The Balaban J connectivity index is 1.85. The van der Waals surface area contributed by atoms with Crippen LogP contribution in [0.4, 0.5) is 11.5 Å². The van der Waals surface area contributed by atoms with Gasteiger partial charge in [-0.15, -0.1) is 0 Å². The molecule has 0 bridgehead atoms. The lowest BCUT2D eigenvalue weighted by Gasteiger charge is -2.25. The van der Waals surface area contributed by atoms with E-state index in [0.29, 0.717) is 5.28 Å². The highest BCUT2D eigenvalue weighted by molar-refractivity contribution is 6.28. The molecule has 0 saturated heterocycles. The van der Waals surface area contributed by atoms with Gasteiger partial charge in [0.2, 0.25) is 5.28 Å². The van der Waals surface area contributed by atoms with Crippen LogP contribution in [0.2, 0.25) is 5.28 Å². The number of aromatic nitrogens is 2. The van der Waals surface area contributed by atoms with Crippen LogP contribution in [0.1, 0.15) is 16.8 Å². The van der Waals surface area contributed by atoms with Crippen molar-refractivity contribution in [2.24, 2.45) is 0 Å². The van der Waals surface area contributed by atoms with Crippen LogP contribution in [0.15, 0.2) is 24.3 Å². The molecule has 3 heterocycles. The SMILES string of the molecule is Clc1nc2c(c(N3CCc4ccccc43)n1)CCNC2. The highest BCUT2D eigenvalue weighted by Gasteiger charge is 2.26. The zero-order valence-corrected chi connectivity index (χ0v) is 11.8. The second-order valence-corrected chi connectivity index (χ2v) is 5.54. The van der Waals surface area contributed by atoms with Crippen LogP contribution in [0.25, 0.3) is 0 Å². The predicted octanol–water partition coefficient (Wildman–Crippen LogP) is 2.47. The quantitative estimate of drug-likeness (QED) is 0.818. The van der Waals surface area contributed by atoms with Gasteiger partial charge in [0, 0.05) is 24.3 Å². The van der Waals surface area contributed by atoms with Gasteiger partial charge in [-0.2, -0.15) is 4.98 Å². The Hall–Kier alpha value is -1.65. The third-order valence-corrected chi connectivity index (χ3v) is 4.20. The third kappa shape index (κ3) is 1.87. The van der Waals surface area contributed by atoms with Crippen molar-refractivity contribution in [1.82, 2.24) is 15.3 Å². The summed E-state index contributed by atoms with van der Waals surface area (Å²) < 4.78 is 0. The van der Waals surface area contributed by atoms with Gasteiger partial charge in [-0.05, 0) is 42.6 Å². The molecule has 2 aliphatic rings. The second kappa shape index (κ2) is 4.72. The number of hydrogen-bond acceptors (Lipinski definition) is 4. The van der Waals surface area contributed by atoms with Crippen LogP contribution in [0.5, 0.6) is 0 Å². The summed E-state index contributed by atoms with van der Waals surface area (Å²) in [7, 11) is 0. The summed E-state index contributed by atoms with van der Waals surface area (Å²) in [4.78, 5) is 11.2. The molecule has 2 aliphatic heterocycles. The molecule has 102 valence electrons. The number of rotatable bonds is 1. The van der Waals surface area contributed by atoms with E-state index < -0.39 is 0 Å². The monoisotopic (exact) mass is 286 g/mol. The minimum absolute atomic E-state index is 0.340. The third-order valence-electron chi connectivity index (χ3n) is 4.03. The molecule has 4 nitrogen and oxygen atoms in total. The average molecular weight is 287 g/mol. The minimum Gasteiger partial charge on any atom is -0.325 e. The maximum Gasteiger partial charge on any atom is 0.224 e. The van der Waals surface area contributed by atoms with E-state index in [9.17, 15) is 0 Å². The Kier molecular flexibility index (Phi) is 2.86. The predicted molar refractivity (Wildman–Crippen MR) is 79.6 cm³/mol. The largest absolute Gasteiger partial charge is 0.325 e. The molecule has 0 radical (unpaired) electrons. The van der Waals surface area contributed by atoms with Crippen LogP contribution in [-0.4, -0.2) is 23.1 Å². The molecule has 1 aromatic carbocycles. The fourth-order valence-electron chi connectivity index (χ4n) is 3.09. The number of nitrogens with zero attached hydrogens (tertiary/aromatic N) is 3. The first-order valence-electron chi connectivity index (χ1n) is 6.94. The molecule has 0 saturated carbocycles. The number of para-hydroxylation sites is 1. The van der Waals surface area contributed by atoms with Crippen molar-refractivity contribution in [3.05, 3.63) is 46.4 Å². The molecule has 5 heteroatoms. The van der Waals surface area contributed by atoms with Crippen molar-refractivity contribution >= 4 is 23.1 Å². The highest BCUT2D eigenvalue weighted by Crippen LogP contribution is 2.36. The smallest absolute Gasteiger partial charge is 0.224 e. The van der Waals surface area contributed by atoms with Crippen molar-refractivity contribution < 1.29 is 0 Å². The molecule has 0 spiro atoms. The van der Waals surface area contributed by atoms with E-state index in [2.05, 4.69) is 44.5 Å². The van der Waals surface area contributed by atoms with Gasteiger partial charge in [0.05, 0.1) is 5.69 Å². The summed E-state index contributed by atoms with van der Waals surface area (Å²) in [5, 5.41) is 3.68. The van der Waals surface area contributed by atoms with Gasteiger partial charge in [-0.1, -0.05) is 18.2 Å². The maximum absolute atomic E-state index is 6.11. The average Bonchev–Trinajstić information content (AvgIpc) is 2.90. The molecule has 20 heavy (non-hydrogen) atoms. The number of hydrogen-bond donors (Lipinski definition) is 1. The van der Waals surface area contributed by atoms with E-state index in [0.717, 1.165) is 44.0 Å². The number of anilines is 2. The van der Waals surface area contributed by atoms with E-state index in [4.69, 9.17) is 11.6 Å². The molecular formula is C15H15ClN4. The van der Waals surface area contributed by atoms with Gasteiger partial charge >= 0.3 is 0 Å². The van der Waals surface area contributed by atoms with Crippen molar-refractivity contribution in [3.8, 4) is 0 Å². The lowest BCUT2D eigenvalue weighted by molar-refractivity contribution is 0.622. The van der Waals surface area contributed by atoms with Crippen LogP contribution in [0.3, 0.4) is 0 Å². The van der Waals surface area contributed by atoms with E-state index in [1.54, 1.807) is 0 Å². The molecule has 0 unspecified atom stereocenters. The molecule has 0 fully saturated rings. The maximum atomic E-state index is 6.11. The van der Waals surface area contributed by atoms with E-state index >= 15 is 0 Å². The summed E-state index contributed by atoms with van der Waals surface area (Å²) in [5.41, 5.74) is 4.91. The summed E-state index contributed by atoms with van der Waals surface area (Å²) in [5.74, 6) is 0.992. The molecular weight excluding hydrogens is 272 g/mol. The number of fused-ring (bicyclic) bond motifs is 2. The molecule has 0 amide bonds. The minimum atomic E-state index is 0.340. The first-order chi connectivity index (χ1) is 9.83. The first-order valence-corrected chi connectivity index (χ1v) is 7.32. The van der Waals surface area contributed by atoms with Gasteiger partial charge in [-0.25, -0.2) is 4.98 Å². The summed E-state index contributed by atoms with van der Waals surface area (Å²) in [6.45, 7) is 2.72. The molecule has 1 aromatic heterocycles. The Morgan fingerprint density at radius 1 is 1.15 bits per heavy atom. The standard InChI is InChI=1S/C15H15ClN4/c16-15-18-12-9-17-7-5-11(12)14(19-15)20-8-6-10-3-1-2-4-13(10)20/h1-4,17H,5-9H2. The number of benzene rings is 1. The second-order valence-electron chi connectivity index (χ2n) is 5.20. The zero-order chi connectivity index (χ0) is 13.5. The van der Waals surface area contributed by atoms with Gasteiger partial charge < -0.3 is 10.2 Å². The van der Waals surface area contributed by atoms with E-state index in [1.807, 2.05) is 0 Å². The van der Waals surface area contributed by atoms with Crippen LogP contribution in [0, 0.1) is 0 Å². The summed E-state index contributed by atoms with van der Waals surface area (Å²) in [6.07, 6.45) is 2.02. The summed E-state index contributed by atoms with van der Waals surface area (Å²) >= 11 is 6.11. The molecule has 0 atom stereocenters. The van der Waals surface area contributed by atoms with Crippen LogP contribution >= 0.6 is 11.6 Å². The number of nitrogens with one attached hydrogen (secondary N) is 1.